The van der Waals surface area contributed by atoms with Gasteiger partial charge in [0.1, 0.15) is 17.0 Å². The van der Waals surface area contributed by atoms with Crippen LogP contribution in [0.3, 0.4) is 0 Å². The highest BCUT2D eigenvalue weighted by Gasteiger charge is 2.63. The van der Waals surface area contributed by atoms with Crippen molar-refractivity contribution in [2.24, 2.45) is 0 Å². The molecule has 0 N–H and O–H groups in total. The molecule has 8 nitrogen and oxygen atoms in total. The van der Waals surface area contributed by atoms with Crippen LogP contribution in [0.5, 0.6) is 5.75 Å². The standard InChI is InChI=1S/C26H29NO7/c1-13(2)31-23(28)20-21(24(29)32-14(3)4)27-11-9-8-10-18(27)34-26(20)19-16(6)12-15(5)17(7)22(19)33-25(26)30/h8-14,18H,1-7H3/t18-,26-/m0/s1. The Morgan fingerprint density at radius 2 is 1.65 bits per heavy atom. The van der Waals surface area contributed by atoms with Gasteiger partial charge in [-0.15, -0.1) is 0 Å². The molecule has 34 heavy (non-hydrogen) atoms. The Hall–Kier alpha value is -3.39. The number of rotatable bonds is 4. The van der Waals surface area contributed by atoms with Gasteiger partial charge in [0.15, 0.2) is 6.23 Å². The van der Waals surface area contributed by atoms with Crippen molar-refractivity contribution in [2.75, 3.05) is 0 Å². The van der Waals surface area contributed by atoms with Crippen LogP contribution in [0.4, 0.5) is 0 Å². The maximum atomic E-state index is 13.7. The number of allylic oxidation sites excluding steroid dienone is 2. The van der Waals surface area contributed by atoms with Crippen LogP contribution >= 0.6 is 0 Å². The first-order valence-electron chi connectivity index (χ1n) is 11.3. The van der Waals surface area contributed by atoms with E-state index in [9.17, 15) is 14.4 Å². The summed E-state index contributed by atoms with van der Waals surface area (Å²) in [4.78, 5) is 42.2. The minimum absolute atomic E-state index is 0.112. The molecule has 3 heterocycles. The Morgan fingerprint density at radius 1 is 1.00 bits per heavy atom. The fourth-order valence-electron chi connectivity index (χ4n) is 4.52. The van der Waals surface area contributed by atoms with E-state index >= 15 is 0 Å². The number of fused-ring (bicyclic) bond motifs is 3. The van der Waals surface area contributed by atoms with Gasteiger partial charge in [-0.2, -0.15) is 0 Å². The van der Waals surface area contributed by atoms with Gasteiger partial charge in [0.2, 0.25) is 5.60 Å². The molecular weight excluding hydrogens is 438 g/mol. The molecular formula is C26H29NO7. The molecule has 0 bridgehead atoms. The van der Waals surface area contributed by atoms with Crippen LogP contribution < -0.4 is 4.74 Å². The molecule has 8 heteroatoms. The van der Waals surface area contributed by atoms with Crippen molar-refractivity contribution in [3.05, 3.63) is 64.0 Å². The largest absolute Gasteiger partial charge is 0.459 e. The summed E-state index contributed by atoms with van der Waals surface area (Å²) >= 11 is 0. The third-order valence-electron chi connectivity index (χ3n) is 5.96. The number of esters is 3. The quantitative estimate of drug-likeness (QED) is 0.490. The van der Waals surface area contributed by atoms with E-state index in [0.29, 0.717) is 16.9 Å². The smallest absolute Gasteiger partial charge is 0.356 e. The van der Waals surface area contributed by atoms with Gasteiger partial charge in [-0.25, -0.2) is 14.4 Å². The summed E-state index contributed by atoms with van der Waals surface area (Å²) < 4.78 is 23.2. The second kappa shape index (κ2) is 8.43. The number of aryl methyl sites for hydroxylation is 2. The van der Waals surface area contributed by atoms with Crippen LogP contribution in [0.15, 0.2) is 41.8 Å². The zero-order valence-electron chi connectivity index (χ0n) is 20.4. The van der Waals surface area contributed by atoms with Gasteiger partial charge in [0.05, 0.1) is 12.2 Å². The van der Waals surface area contributed by atoms with Crippen molar-refractivity contribution in [2.45, 2.75) is 72.5 Å². The van der Waals surface area contributed by atoms with Crippen LogP contribution in [0, 0.1) is 20.8 Å². The maximum absolute atomic E-state index is 13.7. The first-order chi connectivity index (χ1) is 16.0. The second-order valence-electron chi connectivity index (χ2n) is 9.18. The fourth-order valence-corrected chi connectivity index (χ4v) is 4.52. The third kappa shape index (κ3) is 3.53. The van der Waals surface area contributed by atoms with Crippen molar-refractivity contribution in [1.29, 1.82) is 0 Å². The van der Waals surface area contributed by atoms with E-state index in [-0.39, 0.29) is 11.3 Å². The second-order valence-corrected chi connectivity index (χ2v) is 9.18. The van der Waals surface area contributed by atoms with Crippen LogP contribution in [-0.4, -0.2) is 41.2 Å². The van der Waals surface area contributed by atoms with Crippen molar-refractivity contribution >= 4 is 17.9 Å². The first-order valence-corrected chi connectivity index (χ1v) is 11.3. The van der Waals surface area contributed by atoms with Gasteiger partial charge in [0, 0.05) is 11.8 Å². The van der Waals surface area contributed by atoms with Gasteiger partial charge in [0.25, 0.3) is 0 Å². The highest BCUT2D eigenvalue weighted by molar-refractivity contribution is 6.10. The number of ether oxygens (including phenoxy) is 4. The molecule has 4 rings (SSSR count). The topological polar surface area (TPSA) is 91.4 Å². The maximum Gasteiger partial charge on any atom is 0.356 e. The normalized spacial score (nSPS) is 22.9. The predicted octanol–water partition coefficient (Wildman–Crippen LogP) is 3.63. The van der Waals surface area contributed by atoms with Crippen LogP contribution in [-0.2, 0) is 34.2 Å². The lowest BCUT2D eigenvalue weighted by atomic mass is 9.80. The molecule has 1 spiro atoms. The molecule has 1 aromatic rings. The van der Waals surface area contributed by atoms with E-state index in [0.717, 1.165) is 11.1 Å². The van der Waals surface area contributed by atoms with Crippen molar-refractivity contribution in [3.8, 4) is 5.75 Å². The Labute approximate surface area is 198 Å². The van der Waals surface area contributed by atoms with Gasteiger partial charge in [-0.1, -0.05) is 12.1 Å². The van der Waals surface area contributed by atoms with Crippen LogP contribution in [0.2, 0.25) is 0 Å². The molecule has 3 aliphatic heterocycles. The molecule has 0 aromatic heterocycles. The summed E-state index contributed by atoms with van der Waals surface area (Å²) in [5, 5.41) is 0. The van der Waals surface area contributed by atoms with Crippen LogP contribution in [0.25, 0.3) is 0 Å². The third-order valence-corrected chi connectivity index (χ3v) is 5.96. The molecule has 180 valence electrons. The zero-order valence-corrected chi connectivity index (χ0v) is 20.4. The van der Waals surface area contributed by atoms with Crippen molar-refractivity contribution < 1.29 is 33.3 Å². The summed E-state index contributed by atoms with van der Waals surface area (Å²) in [5.74, 6) is -2.08. The highest BCUT2D eigenvalue weighted by Crippen LogP contribution is 2.54. The molecule has 1 aromatic carbocycles. The number of benzene rings is 1. The Morgan fingerprint density at radius 3 is 2.29 bits per heavy atom. The number of carbonyl (C=O) groups is 3. The summed E-state index contributed by atoms with van der Waals surface area (Å²) in [6.07, 6.45) is 4.92. The van der Waals surface area contributed by atoms with E-state index in [1.807, 2.05) is 26.8 Å². The van der Waals surface area contributed by atoms with Crippen LogP contribution in [0.1, 0.15) is 49.9 Å². The van der Waals surface area contributed by atoms with E-state index in [4.69, 9.17) is 18.9 Å². The summed E-state index contributed by atoms with van der Waals surface area (Å²) in [5.41, 5.74) is 0.406. The average molecular weight is 468 g/mol. The molecule has 0 saturated carbocycles. The lowest BCUT2D eigenvalue weighted by Gasteiger charge is -2.44. The Kier molecular flexibility index (Phi) is 5.89. The van der Waals surface area contributed by atoms with Crippen molar-refractivity contribution in [1.82, 2.24) is 4.90 Å². The van der Waals surface area contributed by atoms with E-state index in [1.165, 1.54) is 4.90 Å². The molecule has 2 atom stereocenters. The van der Waals surface area contributed by atoms with Crippen molar-refractivity contribution in [3.63, 3.8) is 0 Å². The van der Waals surface area contributed by atoms with Gasteiger partial charge < -0.3 is 23.8 Å². The monoisotopic (exact) mass is 467 g/mol. The molecule has 0 amide bonds. The number of hydrogen-bond donors (Lipinski definition) is 0. The van der Waals surface area contributed by atoms with E-state index < -0.39 is 41.9 Å². The summed E-state index contributed by atoms with van der Waals surface area (Å²) in [6.45, 7) is 12.4. The zero-order chi connectivity index (χ0) is 24.9. The van der Waals surface area contributed by atoms with E-state index in [1.54, 1.807) is 52.1 Å². The van der Waals surface area contributed by atoms with Gasteiger partial charge >= 0.3 is 17.9 Å². The fraction of sp³-hybridized carbons (Fsp3) is 0.423. The lowest BCUT2D eigenvalue weighted by Crippen LogP contribution is -2.55. The van der Waals surface area contributed by atoms with E-state index in [2.05, 4.69) is 0 Å². The number of nitrogens with zero attached hydrogens (tertiary/aromatic N) is 1. The molecule has 0 unspecified atom stereocenters. The first kappa shape index (κ1) is 23.8. The highest BCUT2D eigenvalue weighted by atomic mass is 16.6. The summed E-state index contributed by atoms with van der Waals surface area (Å²) in [7, 11) is 0. The van der Waals surface area contributed by atoms with Gasteiger partial charge in [-0.3, -0.25) is 0 Å². The molecule has 0 saturated heterocycles. The average Bonchev–Trinajstić information content (AvgIpc) is 3.02. The Balaban J connectivity index is 2.10. The number of hydrogen-bond acceptors (Lipinski definition) is 8. The number of carbonyl (C=O) groups excluding carboxylic acids is 3. The minimum Gasteiger partial charge on any atom is -0.459 e. The molecule has 3 aliphatic rings. The lowest BCUT2D eigenvalue weighted by molar-refractivity contribution is -0.179. The summed E-state index contributed by atoms with van der Waals surface area (Å²) in [6, 6.07) is 1.90. The predicted molar refractivity (Wildman–Crippen MR) is 122 cm³/mol. The molecule has 0 radical (unpaired) electrons. The Bertz CT molecular complexity index is 1170. The van der Waals surface area contributed by atoms with Gasteiger partial charge in [-0.05, 0) is 77.3 Å². The SMILES string of the molecule is Cc1cc(C)c2c(c1C)OC(=O)[C@]21O[C@H]2C=CC=CN2C(C(=O)OC(C)C)=C1C(=O)OC(C)C. The molecule has 0 fully saturated rings. The molecule has 0 aliphatic carbocycles. The minimum atomic E-state index is -1.99.